The first-order chi connectivity index (χ1) is 10.1. The van der Waals surface area contributed by atoms with E-state index in [4.69, 9.17) is 4.52 Å². The smallest absolute Gasteiger partial charge is 0.220 e. The van der Waals surface area contributed by atoms with Crippen LogP contribution in [0, 0.1) is 0 Å². The molecule has 0 saturated carbocycles. The summed E-state index contributed by atoms with van der Waals surface area (Å²) in [6, 6.07) is 11.6. The van der Waals surface area contributed by atoms with Crippen molar-refractivity contribution in [2.24, 2.45) is 0 Å². The Morgan fingerprint density at radius 1 is 1.29 bits per heavy atom. The van der Waals surface area contributed by atoms with Gasteiger partial charge in [-0.1, -0.05) is 35.5 Å². The first kappa shape index (κ1) is 14.6. The lowest BCUT2D eigenvalue weighted by Crippen LogP contribution is -2.39. The van der Waals surface area contributed by atoms with Crippen LogP contribution >= 0.6 is 11.8 Å². The number of sulfonamides is 1. The van der Waals surface area contributed by atoms with Gasteiger partial charge >= 0.3 is 0 Å². The fourth-order valence-electron chi connectivity index (χ4n) is 2.34. The lowest BCUT2D eigenvalue weighted by Gasteiger charge is -2.31. The molecular formula is C14H16N2O3S2. The van der Waals surface area contributed by atoms with Gasteiger partial charge in [-0.25, -0.2) is 8.42 Å². The molecule has 0 amide bonds. The van der Waals surface area contributed by atoms with Gasteiger partial charge in [0.25, 0.3) is 0 Å². The molecule has 0 N–H and O–H groups in total. The minimum Gasteiger partial charge on any atom is -0.364 e. The van der Waals surface area contributed by atoms with Gasteiger partial charge in [0.15, 0.2) is 0 Å². The summed E-state index contributed by atoms with van der Waals surface area (Å²) in [6.07, 6.45) is 1.39. The standard InChI is InChI=1S/C14H16N2O3S2/c17-21(18,11-13-6-8-19-15-13)16-7-9-20-14(10-16)12-4-2-1-3-5-12/h1-6,8,14H,7,9-11H2/t14-/m1/s1. The Balaban J connectivity index is 1.73. The summed E-state index contributed by atoms with van der Waals surface area (Å²) in [7, 11) is -3.35. The molecule has 1 fully saturated rings. The van der Waals surface area contributed by atoms with Crippen LogP contribution < -0.4 is 0 Å². The van der Waals surface area contributed by atoms with E-state index >= 15 is 0 Å². The molecule has 1 aliphatic heterocycles. The van der Waals surface area contributed by atoms with Gasteiger partial charge in [0, 0.05) is 30.2 Å². The average molecular weight is 324 g/mol. The van der Waals surface area contributed by atoms with Crippen LogP contribution in [0.15, 0.2) is 47.2 Å². The fraction of sp³-hybridized carbons (Fsp3) is 0.357. The Kier molecular flexibility index (Phi) is 4.32. The largest absolute Gasteiger partial charge is 0.364 e. The quantitative estimate of drug-likeness (QED) is 0.863. The molecule has 1 aromatic carbocycles. The average Bonchev–Trinajstić information content (AvgIpc) is 3.00. The molecule has 0 radical (unpaired) electrons. The zero-order valence-corrected chi connectivity index (χ0v) is 13.0. The van der Waals surface area contributed by atoms with Crippen LogP contribution in [0.25, 0.3) is 0 Å². The number of aromatic nitrogens is 1. The van der Waals surface area contributed by atoms with Gasteiger partial charge in [0.1, 0.15) is 12.0 Å². The van der Waals surface area contributed by atoms with E-state index in [0.29, 0.717) is 18.8 Å². The highest BCUT2D eigenvalue weighted by atomic mass is 32.2. The zero-order chi connectivity index (χ0) is 14.7. The third-order valence-electron chi connectivity index (χ3n) is 3.42. The summed E-state index contributed by atoms with van der Waals surface area (Å²) in [5.41, 5.74) is 1.62. The highest BCUT2D eigenvalue weighted by Crippen LogP contribution is 2.34. The van der Waals surface area contributed by atoms with Crippen LogP contribution in [0.2, 0.25) is 0 Å². The van der Waals surface area contributed by atoms with Gasteiger partial charge in [-0.15, -0.1) is 0 Å². The summed E-state index contributed by atoms with van der Waals surface area (Å²) >= 11 is 1.80. The molecule has 0 aliphatic carbocycles. The molecule has 0 bridgehead atoms. The van der Waals surface area contributed by atoms with Crippen LogP contribution in [0.3, 0.4) is 0 Å². The Morgan fingerprint density at radius 2 is 2.10 bits per heavy atom. The molecule has 7 heteroatoms. The van der Waals surface area contributed by atoms with E-state index in [1.807, 2.05) is 30.3 Å². The van der Waals surface area contributed by atoms with E-state index in [1.165, 1.54) is 11.8 Å². The zero-order valence-electron chi connectivity index (χ0n) is 11.4. The predicted octanol–water partition coefficient (Wildman–Crippen LogP) is 2.29. The van der Waals surface area contributed by atoms with Crippen LogP contribution in [-0.2, 0) is 15.8 Å². The van der Waals surface area contributed by atoms with E-state index in [-0.39, 0.29) is 11.0 Å². The van der Waals surface area contributed by atoms with Gasteiger partial charge in [0.2, 0.25) is 10.0 Å². The Hall–Kier alpha value is -1.31. The van der Waals surface area contributed by atoms with Crippen molar-refractivity contribution in [2.45, 2.75) is 11.0 Å². The summed E-state index contributed by atoms with van der Waals surface area (Å²) in [4.78, 5) is 0. The first-order valence-electron chi connectivity index (χ1n) is 6.69. The number of rotatable bonds is 4. The van der Waals surface area contributed by atoms with Crippen LogP contribution in [0.1, 0.15) is 16.5 Å². The highest BCUT2D eigenvalue weighted by Gasteiger charge is 2.30. The minimum atomic E-state index is -3.35. The van der Waals surface area contributed by atoms with Crippen molar-refractivity contribution in [3.8, 4) is 0 Å². The lowest BCUT2D eigenvalue weighted by atomic mass is 10.1. The molecule has 112 valence electrons. The van der Waals surface area contributed by atoms with E-state index in [1.54, 1.807) is 22.1 Å². The van der Waals surface area contributed by atoms with Crippen LogP contribution in [-0.4, -0.2) is 36.7 Å². The Labute approximate surface area is 128 Å². The maximum absolute atomic E-state index is 12.5. The molecule has 0 unspecified atom stereocenters. The molecule has 5 nitrogen and oxygen atoms in total. The van der Waals surface area contributed by atoms with Gasteiger partial charge in [-0.2, -0.15) is 16.1 Å². The SMILES string of the molecule is O=S(=O)(Cc1ccon1)N1CCS[C@@H](c2ccccc2)C1. The number of hydrogen-bond acceptors (Lipinski definition) is 5. The molecular weight excluding hydrogens is 308 g/mol. The predicted molar refractivity (Wildman–Crippen MR) is 82.3 cm³/mol. The maximum Gasteiger partial charge on any atom is 0.220 e. The Morgan fingerprint density at radius 3 is 2.81 bits per heavy atom. The van der Waals surface area contributed by atoms with Gasteiger partial charge in [-0.3, -0.25) is 0 Å². The summed E-state index contributed by atoms with van der Waals surface area (Å²) in [5.74, 6) is 0.702. The second kappa shape index (κ2) is 6.21. The number of hydrogen-bond donors (Lipinski definition) is 0. The van der Waals surface area contributed by atoms with Crippen molar-refractivity contribution in [3.63, 3.8) is 0 Å². The fourth-order valence-corrected chi connectivity index (χ4v) is 5.24. The first-order valence-corrected chi connectivity index (χ1v) is 9.34. The van der Waals surface area contributed by atoms with Crippen LogP contribution in [0.5, 0.6) is 0 Å². The number of thioether (sulfide) groups is 1. The molecule has 1 aromatic heterocycles. The summed E-state index contributed by atoms with van der Waals surface area (Å²) in [5, 5.41) is 3.87. The maximum atomic E-state index is 12.5. The Bertz CT molecular complexity index is 672. The molecule has 1 saturated heterocycles. The van der Waals surface area contributed by atoms with Gasteiger partial charge in [-0.05, 0) is 5.56 Å². The van der Waals surface area contributed by atoms with E-state index < -0.39 is 10.0 Å². The molecule has 0 spiro atoms. The van der Waals surface area contributed by atoms with Crippen molar-refractivity contribution in [2.75, 3.05) is 18.8 Å². The molecule has 3 rings (SSSR count). The second-order valence-electron chi connectivity index (χ2n) is 4.88. The monoisotopic (exact) mass is 324 g/mol. The van der Waals surface area contributed by atoms with Crippen molar-refractivity contribution in [1.29, 1.82) is 0 Å². The van der Waals surface area contributed by atoms with E-state index in [9.17, 15) is 8.42 Å². The summed E-state index contributed by atoms with van der Waals surface area (Å²) in [6.45, 7) is 1.06. The third-order valence-corrected chi connectivity index (χ3v) is 6.44. The number of benzene rings is 1. The minimum absolute atomic E-state index is 0.102. The second-order valence-corrected chi connectivity index (χ2v) is 8.15. The molecule has 2 heterocycles. The number of nitrogens with zero attached hydrogens (tertiary/aromatic N) is 2. The van der Waals surface area contributed by atoms with E-state index in [0.717, 1.165) is 5.75 Å². The molecule has 1 aliphatic rings. The molecule has 2 aromatic rings. The van der Waals surface area contributed by atoms with Gasteiger partial charge in [0.05, 0.1) is 5.69 Å². The molecule has 1 atom stereocenters. The third kappa shape index (κ3) is 3.48. The topological polar surface area (TPSA) is 63.4 Å². The van der Waals surface area contributed by atoms with Crippen molar-refractivity contribution in [1.82, 2.24) is 9.46 Å². The van der Waals surface area contributed by atoms with Crippen molar-refractivity contribution >= 4 is 21.8 Å². The molecule has 21 heavy (non-hydrogen) atoms. The summed E-state index contributed by atoms with van der Waals surface area (Å²) < 4.78 is 31.2. The van der Waals surface area contributed by atoms with Crippen molar-refractivity contribution in [3.05, 3.63) is 53.9 Å². The van der Waals surface area contributed by atoms with Crippen LogP contribution in [0.4, 0.5) is 0 Å². The normalized spacial score (nSPS) is 20.5. The lowest BCUT2D eigenvalue weighted by molar-refractivity contribution is 0.406. The van der Waals surface area contributed by atoms with Gasteiger partial charge < -0.3 is 4.52 Å². The highest BCUT2D eigenvalue weighted by molar-refractivity contribution is 7.99. The van der Waals surface area contributed by atoms with E-state index in [2.05, 4.69) is 5.16 Å². The van der Waals surface area contributed by atoms with Crippen molar-refractivity contribution < 1.29 is 12.9 Å².